The maximum Gasteiger partial charge on any atom is 0.313 e. The minimum absolute atomic E-state index is 0.0570. The lowest BCUT2D eigenvalue weighted by Gasteiger charge is -2.07. The number of nitrogens with zero attached hydrogens (tertiary/aromatic N) is 1. The Balaban J connectivity index is 1.61. The maximum absolute atomic E-state index is 13.4. The van der Waals surface area contributed by atoms with E-state index in [1.165, 1.54) is 6.07 Å². The number of aromatic nitrogens is 2. The van der Waals surface area contributed by atoms with Crippen molar-refractivity contribution in [3.8, 4) is 0 Å². The Hall–Kier alpha value is -3.22. The van der Waals surface area contributed by atoms with Crippen LogP contribution in [0.5, 0.6) is 0 Å². The molecule has 0 saturated heterocycles. The highest BCUT2D eigenvalue weighted by atomic mass is 19.1. The van der Waals surface area contributed by atoms with E-state index in [2.05, 4.69) is 20.8 Å². The number of hydrogen-bond donors (Lipinski definition) is 3. The van der Waals surface area contributed by atoms with Crippen LogP contribution in [0.1, 0.15) is 5.56 Å². The molecular formula is C16H13FN4O2. The zero-order valence-corrected chi connectivity index (χ0v) is 12.0. The standard InChI is InChI=1S/C16H13FN4O2/c17-13-4-2-1-3-10(13)8-18-15(22)16(23)20-12-6-5-11-9-19-21-14(11)7-12/h1-7,9H,8H2,(H,18,22)(H,19,21)(H,20,23). The summed E-state index contributed by atoms with van der Waals surface area (Å²) in [6.45, 7) is -0.0570. The predicted octanol–water partition coefficient (Wildman–Crippen LogP) is 1.96. The fraction of sp³-hybridized carbons (Fsp3) is 0.0625. The largest absolute Gasteiger partial charge is 0.344 e. The van der Waals surface area contributed by atoms with E-state index in [0.717, 1.165) is 10.9 Å². The zero-order chi connectivity index (χ0) is 16.2. The van der Waals surface area contributed by atoms with Crippen LogP contribution in [0.4, 0.5) is 10.1 Å². The number of anilines is 1. The van der Waals surface area contributed by atoms with E-state index < -0.39 is 17.6 Å². The van der Waals surface area contributed by atoms with E-state index in [1.54, 1.807) is 42.6 Å². The number of hydrogen-bond acceptors (Lipinski definition) is 3. The lowest BCUT2D eigenvalue weighted by Crippen LogP contribution is -2.35. The van der Waals surface area contributed by atoms with Gasteiger partial charge in [0, 0.05) is 23.2 Å². The molecule has 7 heteroatoms. The minimum Gasteiger partial charge on any atom is -0.344 e. The average molecular weight is 312 g/mol. The Kier molecular flexibility index (Phi) is 4.01. The molecule has 1 aromatic heterocycles. The molecule has 0 spiro atoms. The summed E-state index contributed by atoms with van der Waals surface area (Å²) in [7, 11) is 0. The molecule has 116 valence electrons. The first-order chi connectivity index (χ1) is 11.1. The number of H-pyrrole nitrogens is 1. The quantitative estimate of drug-likeness (QED) is 0.646. The number of carbonyl (C=O) groups excluding carboxylic acids is 2. The van der Waals surface area contributed by atoms with Gasteiger partial charge in [-0.05, 0) is 24.3 Å². The van der Waals surface area contributed by atoms with Gasteiger partial charge in [0.25, 0.3) is 0 Å². The van der Waals surface area contributed by atoms with Gasteiger partial charge in [0.1, 0.15) is 5.82 Å². The van der Waals surface area contributed by atoms with Crippen molar-refractivity contribution in [3.63, 3.8) is 0 Å². The first kappa shape index (κ1) is 14.7. The Bertz CT molecular complexity index is 875. The number of aromatic amines is 1. The zero-order valence-electron chi connectivity index (χ0n) is 12.0. The molecule has 2 aromatic carbocycles. The summed E-state index contributed by atoms with van der Waals surface area (Å²) in [6, 6.07) is 11.2. The molecule has 1 heterocycles. The van der Waals surface area contributed by atoms with Crippen molar-refractivity contribution < 1.29 is 14.0 Å². The second-order valence-electron chi connectivity index (χ2n) is 4.90. The van der Waals surface area contributed by atoms with Crippen LogP contribution in [-0.2, 0) is 16.1 Å². The second-order valence-corrected chi connectivity index (χ2v) is 4.90. The van der Waals surface area contributed by atoms with Crippen molar-refractivity contribution >= 4 is 28.4 Å². The smallest absolute Gasteiger partial charge is 0.313 e. The van der Waals surface area contributed by atoms with Crippen LogP contribution in [0.15, 0.2) is 48.7 Å². The molecule has 0 unspecified atom stereocenters. The summed E-state index contributed by atoms with van der Waals surface area (Å²) in [4.78, 5) is 23.6. The molecular weight excluding hydrogens is 299 g/mol. The van der Waals surface area contributed by atoms with Gasteiger partial charge in [0.15, 0.2) is 0 Å². The van der Waals surface area contributed by atoms with E-state index >= 15 is 0 Å². The van der Waals surface area contributed by atoms with Crippen LogP contribution in [-0.4, -0.2) is 22.0 Å². The van der Waals surface area contributed by atoms with E-state index in [-0.39, 0.29) is 6.54 Å². The van der Waals surface area contributed by atoms with Gasteiger partial charge in [-0.3, -0.25) is 14.7 Å². The number of rotatable bonds is 3. The van der Waals surface area contributed by atoms with Gasteiger partial charge >= 0.3 is 11.8 Å². The summed E-state index contributed by atoms with van der Waals surface area (Å²) in [5.74, 6) is -2.09. The van der Waals surface area contributed by atoms with Gasteiger partial charge in [0.05, 0.1) is 11.7 Å². The van der Waals surface area contributed by atoms with Gasteiger partial charge < -0.3 is 10.6 Å². The second kappa shape index (κ2) is 6.27. The third kappa shape index (κ3) is 3.34. The topological polar surface area (TPSA) is 86.9 Å². The molecule has 3 rings (SSSR count). The van der Waals surface area contributed by atoms with E-state index in [1.807, 2.05) is 0 Å². The maximum atomic E-state index is 13.4. The van der Waals surface area contributed by atoms with Crippen LogP contribution in [0.3, 0.4) is 0 Å². The summed E-state index contributed by atoms with van der Waals surface area (Å²) < 4.78 is 13.4. The van der Waals surface area contributed by atoms with Gasteiger partial charge in [-0.1, -0.05) is 18.2 Å². The molecule has 0 bridgehead atoms. The molecule has 3 N–H and O–H groups in total. The van der Waals surface area contributed by atoms with Crippen LogP contribution in [0.2, 0.25) is 0 Å². The molecule has 23 heavy (non-hydrogen) atoms. The lowest BCUT2D eigenvalue weighted by atomic mass is 10.2. The number of benzene rings is 2. The highest BCUT2D eigenvalue weighted by Gasteiger charge is 2.14. The summed E-state index contributed by atoms with van der Waals surface area (Å²) in [5, 5.41) is 12.4. The monoisotopic (exact) mass is 312 g/mol. The lowest BCUT2D eigenvalue weighted by molar-refractivity contribution is -0.136. The van der Waals surface area contributed by atoms with E-state index in [9.17, 15) is 14.0 Å². The Morgan fingerprint density at radius 2 is 1.96 bits per heavy atom. The first-order valence-electron chi connectivity index (χ1n) is 6.89. The first-order valence-corrected chi connectivity index (χ1v) is 6.89. The number of fused-ring (bicyclic) bond motifs is 1. The highest BCUT2D eigenvalue weighted by molar-refractivity contribution is 6.39. The third-order valence-corrected chi connectivity index (χ3v) is 3.30. The molecule has 0 saturated carbocycles. The Morgan fingerprint density at radius 3 is 2.78 bits per heavy atom. The van der Waals surface area contributed by atoms with Crippen molar-refractivity contribution in [2.24, 2.45) is 0 Å². The van der Waals surface area contributed by atoms with Crippen LogP contribution >= 0.6 is 0 Å². The molecule has 0 aliphatic heterocycles. The number of carbonyl (C=O) groups is 2. The molecule has 2 amide bonds. The Morgan fingerprint density at radius 1 is 1.13 bits per heavy atom. The third-order valence-electron chi connectivity index (χ3n) is 3.30. The van der Waals surface area contributed by atoms with E-state index in [4.69, 9.17) is 0 Å². The van der Waals surface area contributed by atoms with Crippen LogP contribution in [0.25, 0.3) is 10.9 Å². The number of halogens is 1. The fourth-order valence-corrected chi connectivity index (χ4v) is 2.10. The van der Waals surface area contributed by atoms with Crippen molar-refractivity contribution in [2.45, 2.75) is 6.54 Å². The molecule has 0 atom stereocenters. The summed E-state index contributed by atoms with van der Waals surface area (Å²) in [6.07, 6.45) is 1.65. The number of nitrogens with one attached hydrogen (secondary N) is 3. The molecule has 6 nitrogen and oxygen atoms in total. The summed E-state index contributed by atoms with van der Waals surface area (Å²) in [5.41, 5.74) is 1.52. The molecule has 0 aliphatic carbocycles. The van der Waals surface area contributed by atoms with Gasteiger partial charge in [0.2, 0.25) is 0 Å². The molecule has 3 aromatic rings. The molecule has 0 aliphatic rings. The number of amides is 2. The van der Waals surface area contributed by atoms with Gasteiger partial charge in [-0.15, -0.1) is 0 Å². The van der Waals surface area contributed by atoms with Crippen LogP contribution in [0, 0.1) is 5.82 Å². The van der Waals surface area contributed by atoms with Crippen molar-refractivity contribution in [1.29, 1.82) is 0 Å². The van der Waals surface area contributed by atoms with Crippen LogP contribution < -0.4 is 10.6 Å². The Labute approximate surface area is 130 Å². The highest BCUT2D eigenvalue weighted by Crippen LogP contribution is 2.16. The fourth-order valence-electron chi connectivity index (χ4n) is 2.10. The van der Waals surface area contributed by atoms with E-state index in [0.29, 0.717) is 11.3 Å². The predicted molar refractivity (Wildman–Crippen MR) is 83.0 cm³/mol. The normalized spacial score (nSPS) is 10.5. The summed E-state index contributed by atoms with van der Waals surface area (Å²) >= 11 is 0. The van der Waals surface area contributed by atoms with Crippen molar-refractivity contribution in [3.05, 3.63) is 60.0 Å². The SMILES string of the molecule is O=C(NCc1ccccc1F)C(=O)Nc1ccc2cn[nH]c2c1. The van der Waals surface area contributed by atoms with Crippen molar-refractivity contribution in [2.75, 3.05) is 5.32 Å². The molecule has 0 radical (unpaired) electrons. The van der Waals surface area contributed by atoms with Gasteiger partial charge in [-0.25, -0.2) is 4.39 Å². The average Bonchev–Trinajstić information content (AvgIpc) is 3.01. The van der Waals surface area contributed by atoms with Crippen molar-refractivity contribution in [1.82, 2.24) is 15.5 Å². The molecule has 0 fully saturated rings. The minimum atomic E-state index is -0.835. The van der Waals surface area contributed by atoms with Gasteiger partial charge in [-0.2, -0.15) is 5.10 Å².